The maximum Gasteiger partial charge on any atom is 0.337 e. The zero-order valence-corrected chi connectivity index (χ0v) is 12.1. The average Bonchev–Trinajstić information content (AvgIpc) is 2.76. The van der Waals surface area contributed by atoms with E-state index < -0.39 is 37.3 Å². The molecule has 0 unspecified atom stereocenters. The van der Waals surface area contributed by atoms with E-state index in [1.807, 2.05) is 0 Å². The number of benzene rings is 1. The molecule has 21 heavy (non-hydrogen) atoms. The lowest BCUT2D eigenvalue weighted by atomic mass is 10.2. The standard InChI is InChI=1S/C11H9ClFN3O4S/c1-16-5-6(4-14-16)15-21(19,20)7-2-8(11(17)18)10(12)9(13)3-7/h2-5,15H,1H3,(H,17,18). The number of hydrogen-bond donors (Lipinski definition) is 2. The SMILES string of the molecule is Cn1cc(NS(=O)(=O)c2cc(F)c(Cl)c(C(=O)O)c2)cn1. The lowest BCUT2D eigenvalue weighted by Gasteiger charge is -2.08. The van der Waals surface area contributed by atoms with Crippen LogP contribution in [0.4, 0.5) is 10.1 Å². The molecule has 0 aliphatic rings. The molecule has 1 aromatic carbocycles. The minimum Gasteiger partial charge on any atom is -0.478 e. The largest absolute Gasteiger partial charge is 0.478 e. The predicted molar refractivity (Wildman–Crippen MR) is 72.4 cm³/mol. The van der Waals surface area contributed by atoms with Crippen LogP contribution in [0.5, 0.6) is 0 Å². The molecular weight excluding hydrogens is 325 g/mol. The molecule has 1 aromatic heterocycles. The molecule has 2 aromatic rings. The fourth-order valence-corrected chi connectivity index (χ4v) is 2.82. The molecule has 0 aliphatic heterocycles. The molecule has 0 saturated carbocycles. The van der Waals surface area contributed by atoms with Gasteiger partial charge in [0.15, 0.2) is 0 Å². The van der Waals surface area contributed by atoms with Crippen LogP contribution >= 0.6 is 11.6 Å². The molecule has 7 nitrogen and oxygen atoms in total. The number of rotatable bonds is 4. The van der Waals surface area contributed by atoms with Crippen LogP contribution in [0, 0.1) is 5.82 Å². The molecule has 1 heterocycles. The highest BCUT2D eigenvalue weighted by molar-refractivity contribution is 7.92. The van der Waals surface area contributed by atoms with E-state index in [0.717, 1.165) is 6.07 Å². The summed E-state index contributed by atoms with van der Waals surface area (Å²) in [6, 6.07) is 1.43. The fraction of sp³-hybridized carbons (Fsp3) is 0.0909. The molecule has 2 N–H and O–H groups in total. The van der Waals surface area contributed by atoms with Crippen molar-refractivity contribution >= 4 is 33.3 Å². The lowest BCUT2D eigenvalue weighted by molar-refractivity contribution is 0.0696. The van der Waals surface area contributed by atoms with Gasteiger partial charge in [0.05, 0.1) is 27.4 Å². The van der Waals surface area contributed by atoms with Gasteiger partial charge in [-0.15, -0.1) is 0 Å². The first-order chi connectivity index (χ1) is 9.70. The number of aromatic carboxylic acids is 1. The molecule has 0 aliphatic carbocycles. The van der Waals surface area contributed by atoms with Crippen molar-refractivity contribution in [2.45, 2.75) is 4.90 Å². The van der Waals surface area contributed by atoms with Gasteiger partial charge in [0.2, 0.25) is 0 Å². The Bertz CT molecular complexity index is 819. The summed E-state index contributed by atoms with van der Waals surface area (Å²) in [4.78, 5) is 10.4. The van der Waals surface area contributed by atoms with Gasteiger partial charge in [0.25, 0.3) is 10.0 Å². The van der Waals surface area contributed by atoms with Gasteiger partial charge in [-0.1, -0.05) is 11.6 Å². The topological polar surface area (TPSA) is 101 Å². The number of carboxylic acids is 1. The molecule has 0 saturated heterocycles. The summed E-state index contributed by atoms with van der Waals surface area (Å²) in [5, 5.41) is 12.0. The van der Waals surface area contributed by atoms with E-state index in [-0.39, 0.29) is 5.69 Å². The Balaban J connectivity index is 2.47. The third-order valence-electron chi connectivity index (χ3n) is 2.50. The number of nitrogens with zero attached hydrogens (tertiary/aromatic N) is 2. The monoisotopic (exact) mass is 333 g/mol. The highest BCUT2D eigenvalue weighted by Crippen LogP contribution is 2.25. The van der Waals surface area contributed by atoms with Crippen LogP contribution in [0.15, 0.2) is 29.4 Å². The van der Waals surface area contributed by atoms with Gasteiger partial charge in [-0.05, 0) is 12.1 Å². The molecule has 0 radical (unpaired) electrons. The predicted octanol–water partition coefficient (Wildman–Crippen LogP) is 1.71. The smallest absolute Gasteiger partial charge is 0.337 e. The number of halogens is 2. The molecular formula is C11H9ClFN3O4S. The zero-order valence-electron chi connectivity index (χ0n) is 10.5. The number of nitrogens with one attached hydrogen (secondary N) is 1. The highest BCUT2D eigenvalue weighted by atomic mass is 35.5. The Morgan fingerprint density at radius 1 is 1.48 bits per heavy atom. The molecule has 0 bridgehead atoms. The van der Waals surface area contributed by atoms with Crippen molar-refractivity contribution in [3.63, 3.8) is 0 Å². The second-order valence-corrected chi connectivity index (χ2v) is 6.14. The van der Waals surface area contributed by atoms with Gasteiger partial charge in [0, 0.05) is 13.2 Å². The van der Waals surface area contributed by atoms with Gasteiger partial charge in [-0.25, -0.2) is 17.6 Å². The molecule has 0 amide bonds. The van der Waals surface area contributed by atoms with Crippen LogP contribution in [0.1, 0.15) is 10.4 Å². The Labute approximate surface area is 124 Å². The van der Waals surface area contributed by atoms with Crippen molar-refractivity contribution in [3.8, 4) is 0 Å². The van der Waals surface area contributed by atoms with Crippen LogP contribution in [0.2, 0.25) is 5.02 Å². The quantitative estimate of drug-likeness (QED) is 0.887. The third-order valence-corrected chi connectivity index (χ3v) is 4.24. The Morgan fingerprint density at radius 2 is 2.14 bits per heavy atom. The summed E-state index contributed by atoms with van der Waals surface area (Å²) in [7, 11) is -2.57. The maximum absolute atomic E-state index is 13.6. The van der Waals surface area contributed by atoms with E-state index in [0.29, 0.717) is 6.07 Å². The van der Waals surface area contributed by atoms with Gasteiger partial charge in [0.1, 0.15) is 5.82 Å². The molecule has 2 rings (SSSR count). The first-order valence-electron chi connectivity index (χ1n) is 5.44. The number of carboxylic acid groups (broad SMARTS) is 1. The number of hydrogen-bond acceptors (Lipinski definition) is 4. The molecule has 112 valence electrons. The molecule has 0 atom stereocenters. The van der Waals surface area contributed by atoms with E-state index in [9.17, 15) is 17.6 Å². The van der Waals surface area contributed by atoms with E-state index in [1.165, 1.54) is 17.1 Å². The van der Waals surface area contributed by atoms with Crippen molar-refractivity contribution in [1.82, 2.24) is 9.78 Å². The van der Waals surface area contributed by atoms with E-state index in [1.54, 1.807) is 7.05 Å². The summed E-state index contributed by atoms with van der Waals surface area (Å²) < 4.78 is 41.3. The summed E-state index contributed by atoms with van der Waals surface area (Å²) >= 11 is 5.49. The number of aromatic nitrogens is 2. The highest BCUT2D eigenvalue weighted by Gasteiger charge is 2.22. The van der Waals surface area contributed by atoms with Gasteiger partial charge in [-0.2, -0.15) is 5.10 Å². The minimum atomic E-state index is -4.16. The fourth-order valence-electron chi connectivity index (χ4n) is 1.56. The normalized spacial score (nSPS) is 11.4. The summed E-state index contributed by atoms with van der Waals surface area (Å²) in [6.45, 7) is 0. The van der Waals surface area contributed by atoms with Crippen molar-refractivity contribution in [1.29, 1.82) is 0 Å². The van der Waals surface area contributed by atoms with Crippen LogP contribution in [-0.2, 0) is 17.1 Å². The number of sulfonamides is 1. The number of aryl methyl sites for hydroxylation is 1. The van der Waals surface area contributed by atoms with Crippen LogP contribution < -0.4 is 4.72 Å². The van der Waals surface area contributed by atoms with Crippen molar-refractivity contribution in [3.05, 3.63) is 40.9 Å². The second kappa shape index (κ2) is 5.34. The minimum absolute atomic E-state index is 0.157. The van der Waals surface area contributed by atoms with E-state index in [4.69, 9.17) is 16.7 Å². The van der Waals surface area contributed by atoms with Crippen LogP contribution in [-0.4, -0.2) is 29.3 Å². The second-order valence-electron chi connectivity index (χ2n) is 4.08. The van der Waals surface area contributed by atoms with Crippen molar-refractivity contribution in [2.24, 2.45) is 7.05 Å². The Hall–Kier alpha value is -2.13. The molecule has 0 fully saturated rings. The van der Waals surface area contributed by atoms with Gasteiger partial charge >= 0.3 is 5.97 Å². The molecule has 10 heteroatoms. The number of carbonyl (C=O) groups is 1. The summed E-state index contributed by atoms with van der Waals surface area (Å²) in [6.07, 6.45) is 2.64. The van der Waals surface area contributed by atoms with E-state index >= 15 is 0 Å². The van der Waals surface area contributed by atoms with Crippen LogP contribution in [0.25, 0.3) is 0 Å². The van der Waals surface area contributed by atoms with Gasteiger partial charge in [-0.3, -0.25) is 9.40 Å². The average molecular weight is 334 g/mol. The van der Waals surface area contributed by atoms with Crippen molar-refractivity contribution < 1.29 is 22.7 Å². The van der Waals surface area contributed by atoms with Crippen molar-refractivity contribution in [2.75, 3.05) is 4.72 Å². The number of anilines is 1. The Morgan fingerprint density at radius 3 is 2.67 bits per heavy atom. The Kier molecular flexibility index (Phi) is 3.88. The summed E-state index contributed by atoms with van der Waals surface area (Å²) in [5.74, 6) is -2.67. The summed E-state index contributed by atoms with van der Waals surface area (Å²) in [5.41, 5.74) is -0.479. The zero-order chi connectivity index (χ0) is 15.8. The first-order valence-corrected chi connectivity index (χ1v) is 7.30. The first kappa shape index (κ1) is 15.3. The maximum atomic E-state index is 13.6. The van der Waals surface area contributed by atoms with E-state index in [2.05, 4.69) is 9.82 Å². The van der Waals surface area contributed by atoms with Gasteiger partial charge < -0.3 is 5.11 Å². The van der Waals surface area contributed by atoms with Crippen LogP contribution in [0.3, 0.4) is 0 Å². The third kappa shape index (κ3) is 3.14. The lowest BCUT2D eigenvalue weighted by Crippen LogP contribution is -2.14. The molecule has 0 spiro atoms.